The summed E-state index contributed by atoms with van der Waals surface area (Å²) in [7, 11) is 0. The summed E-state index contributed by atoms with van der Waals surface area (Å²) < 4.78 is 37.6. The topological polar surface area (TPSA) is 32.3 Å². The summed E-state index contributed by atoms with van der Waals surface area (Å²) in [5.74, 6) is 1.69. The number of aryl methyl sites for hydroxylation is 2. The molecule has 2 rings (SSSR count). The van der Waals surface area contributed by atoms with Crippen LogP contribution in [0.15, 0.2) is 18.2 Å². The van der Waals surface area contributed by atoms with Crippen LogP contribution in [-0.4, -0.2) is 36.6 Å². The van der Waals surface area contributed by atoms with Crippen molar-refractivity contribution in [3.63, 3.8) is 0 Å². The van der Waals surface area contributed by atoms with Crippen LogP contribution < -0.4 is 5.32 Å². The van der Waals surface area contributed by atoms with Gasteiger partial charge in [0.1, 0.15) is 0 Å². The second kappa shape index (κ2) is 8.39. The van der Waals surface area contributed by atoms with Gasteiger partial charge in [0.15, 0.2) is 0 Å². The molecule has 0 aliphatic heterocycles. The molecular formula is C19H23F3N2O. The van der Waals surface area contributed by atoms with Gasteiger partial charge in [-0.2, -0.15) is 13.2 Å². The Hall–Kier alpha value is -2.00. The minimum Gasteiger partial charge on any atom is -0.348 e. The Balaban J connectivity index is 1.95. The molecule has 1 amide bonds. The lowest BCUT2D eigenvalue weighted by Gasteiger charge is -2.23. The normalized spacial score (nSPS) is 15.4. The number of rotatable bonds is 6. The third-order valence-corrected chi connectivity index (χ3v) is 4.34. The Morgan fingerprint density at radius 3 is 2.64 bits per heavy atom. The highest BCUT2D eigenvalue weighted by atomic mass is 19.4. The molecule has 6 heteroatoms. The van der Waals surface area contributed by atoms with Gasteiger partial charge in [0, 0.05) is 0 Å². The zero-order valence-electron chi connectivity index (χ0n) is 14.3. The number of nitrogens with one attached hydrogen (secondary N) is 1. The van der Waals surface area contributed by atoms with Gasteiger partial charge in [-0.05, 0) is 49.3 Å². The molecule has 0 fully saturated rings. The SMILES string of the molecule is C#CCN(CC(=O)N[C@@H](C)c1ccc2c(c1)CCCC2)CC(F)(F)F. The van der Waals surface area contributed by atoms with Crippen molar-refractivity contribution < 1.29 is 18.0 Å². The first-order chi connectivity index (χ1) is 11.8. The van der Waals surface area contributed by atoms with E-state index < -0.39 is 18.6 Å². The van der Waals surface area contributed by atoms with E-state index in [1.165, 1.54) is 17.5 Å². The Kier molecular flexibility index (Phi) is 6.49. The van der Waals surface area contributed by atoms with Crippen LogP contribution in [0.1, 0.15) is 42.5 Å². The van der Waals surface area contributed by atoms with E-state index in [1.807, 2.05) is 13.0 Å². The van der Waals surface area contributed by atoms with Gasteiger partial charge in [-0.25, -0.2) is 0 Å². The summed E-state index contributed by atoms with van der Waals surface area (Å²) in [6.07, 6.45) is 5.17. The second-order valence-corrected chi connectivity index (χ2v) is 6.49. The highest BCUT2D eigenvalue weighted by Gasteiger charge is 2.31. The maximum atomic E-state index is 12.5. The monoisotopic (exact) mass is 352 g/mol. The Morgan fingerprint density at radius 1 is 1.32 bits per heavy atom. The van der Waals surface area contributed by atoms with Crippen LogP contribution in [0.4, 0.5) is 13.2 Å². The van der Waals surface area contributed by atoms with Crippen molar-refractivity contribution in [3.05, 3.63) is 34.9 Å². The van der Waals surface area contributed by atoms with Crippen molar-refractivity contribution in [1.82, 2.24) is 10.2 Å². The third kappa shape index (κ3) is 6.09. The Bertz CT molecular complexity index is 649. The van der Waals surface area contributed by atoms with E-state index in [1.54, 1.807) is 0 Å². The van der Waals surface area contributed by atoms with Crippen molar-refractivity contribution >= 4 is 5.91 Å². The molecule has 0 unspecified atom stereocenters. The zero-order chi connectivity index (χ0) is 18.4. The summed E-state index contributed by atoms with van der Waals surface area (Å²) in [5.41, 5.74) is 3.61. The number of benzene rings is 1. The van der Waals surface area contributed by atoms with E-state index in [2.05, 4.69) is 23.4 Å². The number of alkyl halides is 3. The first kappa shape index (κ1) is 19.3. The molecule has 0 bridgehead atoms. The number of halogens is 3. The fourth-order valence-electron chi connectivity index (χ4n) is 3.15. The summed E-state index contributed by atoms with van der Waals surface area (Å²) >= 11 is 0. The first-order valence-electron chi connectivity index (χ1n) is 8.42. The van der Waals surface area contributed by atoms with Crippen LogP contribution in [0.25, 0.3) is 0 Å². The molecule has 136 valence electrons. The molecule has 0 radical (unpaired) electrons. The molecular weight excluding hydrogens is 329 g/mol. The van der Waals surface area contributed by atoms with E-state index in [4.69, 9.17) is 6.42 Å². The molecule has 3 nitrogen and oxygen atoms in total. The molecule has 1 N–H and O–H groups in total. The fourth-order valence-corrected chi connectivity index (χ4v) is 3.15. The molecule has 1 aliphatic rings. The minimum absolute atomic E-state index is 0.222. The molecule has 1 aromatic rings. The van der Waals surface area contributed by atoms with Crippen molar-refractivity contribution in [3.8, 4) is 12.3 Å². The maximum Gasteiger partial charge on any atom is 0.401 e. The van der Waals surface area contributed by atoms with Gasteiger partial charge in [-0.3, -0.25) is 9.69 Å². The molecule has 1 aromatic carbocycles. The van der Waals surface area contributed by atoms with Gasteiger partial charge >= 0.3 is 6.18 Å². The van der Waals surface area contributed by atoms with Crippen molar-refractivity contribution in [2.24, 2.45) is 0 Å². The quantitative estimate of drug-likeness (QED) is 0.797. The van der Waals surface area contributed by atoms with E-state index in [0.29, 0.717) is 0 Å². The molecule has 0 aromatic heterocycles. The van der Waals surface area contributed by atoms with Gasteiger partial charge in [-0.15, -0.1) is 6.42 Å². The van der Waals surface area contributed by atoms with E-state index in [0.717, 1.165) is 29.7 Å². The highest BCUT2D eigenvalue weighted by Crippen LogP contribution is 2.24. The fraction of sp³-hybridized carbons (Fsp3) is 0.526. The van der Waals surface area contributed by atoms with E-state index in [9.17, 15) is 18.0 Å². The summed E-state index contributed by atoms with van der Waals surface area (Å²) in [6, 6.07) is 5.89. The molecule has 0 saturated carbocycles. The van der Waals surface area contributed by atoms with Crippen molar-refractivity contribution in [2.75, 3.05) is 19.6 Å². The lowest BCUT2D eigenvalue weighted by Crippen LogP contribution is -2.42. The summed E-state index contributed by atoms with van der Waals surface area (Å²) in [4.78, 5) is 13.0. The number of carbonyl (C=O) groups is 1. The van der Waals surface area contributed by atoms with E-state index in [-0.39, 0.29) is 19.1 Å². The van der Waals surface area contributed by atoms with Crippen LogP contribution in [0.2, 0.25) is 0 Å². The van der Waals surface area contributed by atoms with Crippen LogP contribution in [0.5, 0.6) is 0 Å². The lowest BCUT2D eigenvalue weighted by molar-refractivity contribution is -0.147. The number of nitrogens with zero attached hydrogens (tertiary/aromatic N) is 1. The zero-order valence-corrected chi connectivity index (χ0v) is 14.3. The molecule has 1 aliphatic carbocycles. The number of amides is 1. The molecule has 0 heterocycles. The molecule has 25 heavy (non-hydrogen) atoms. The predicted octanol–water partition coefficient (Wildman–Crippen LogP) is 3.24. The Morgan fingerprint density at radius 2 is 2.00 bits per heavy atom. The molecule has 1 atom stereocenters. The van der Waals surface area contributed by atoms with Crippen LogP contribution >= 0.6 is 0 Å². The van der Waals surface area contributed by atoms with Crippen molar-refractivity contribution in [2.45, 2.75) is 44.8 Å². The largest absolute Gasteiger partial charge is 0.401 e. The van der Waals surface area contributed by atoms with Crippen LogP contribution in [0.3, 0.4) is 0 Å². The van der Waals surface area contributed by atoms with Gasteiger partial charge in [0.2, 0.25) is 5.91 Å². The smallest absolute Gasteiger partial charge is 0.348 e. The number of fused-ring (bicyclic) bond motifs is 1. The third-order valence-electron chi connectivity index (χ3n) is 4.34. The molecule has 0 spiro atoms. The predicted molar refractivity (Wildman–Crippen MR) is 91.0 cm³/mol. The van der Waals surface area contributed by atoms with Crippen LogP contribution in [0, 0.1) is 12.3 Å². The minimum atomic E-state index is -4.39. The average Bonchev–Trinajstić information content (AvgIpc) is 2.52. The first-order valence-corrected chi connectivity index (χ1v) is 8.42. The number of terminal acetylenes is 1. The van der Waals surface area contributed by atoms with Gasteiger partial charge in [-0.1, -0.05) is 24.1 Å². The summed E-state index contributed by atoms with van der Waals surface area (Å²) in [6.45, 7) is 0.0364. The molecule has 0 saturated heterocycles. The van der Waals surface area contributed by atoms with Gasteiger partial charge in [0.05, 0.1) is 25.7 Å². The maximum absolute atomic E-state index is 12.5. The highest BCUT2D eigenvalue weighted by molar-refractivity contribution is 5.78. The lowest BCUT2D eigenvalue weighted by atomic mass is 9.89. The van der Waals surface area contributed by atoms with Gasteiger partial charge < -0.3 is 5.32 Å². The number of carbonyl (C=O) groups excluding carboxylic acids is 1. The van der Waals surface area contributed by atoms with E-state index >= 15 is 0 Å². The standard InChI is InChI=1S/C19H23F3N2O/c1-3-10-24(13-19(20,21)22)12-18(25)23-14(2)16-9-8-15-6-4-5-7-17(15)11-16/h1,8-9,11,14H,4-7,10,12-13H2,2H3,(H,23,25)/t14-/m0/s1. The summed E-state index contributed by atoms with van der Waals surface area (Å²) in [5, 5.41) is 2.76. The average molecular weight is 352 g/mol. The van der Waals surface area contributed by atoms with Crippen molar-refractivity contribution in [1.29, 1.82) is 0 Å². The van der Waals surface area contributed by atoms with Gasteiger partial charge in [0.25, 0.3) is 0 Å². The Labute approximate surface area is 146 Å². The number of hydrogen-bond donors (Lipinski definition) is 1. The second-order valence-electron chi connectivity index (χ2n) is 6.49. The number of hydrogen-bond acceptors (Lipinski definition) is 2. The van der Waals surface area contributed by atoms with Crippen LogP contribution in [-0.2, 0) is 17.6 Å².